The van der Waals surface area contributed by atoms with Crippen molar-refractivity contribution in [2.24, 2.45) is 0 Å². The summed E-state index contributed by atoms with van der Waals surface area (Å²) in [5.41, 5.74) is 0. The molecule has 0 N–H and O–H groups in total. The van der Waals surface area contributed by atoms with Gasteiger partial charge in [-0.25, -0.2) is 0 Å². The van der Waals surface area contributed by atoms with Crippen LogP contribution in [0.4, 0.5) is 8.78 Å². The maximum atomic E-state index is 12.7. The van der Waals surface area contributed by atoms with Crippen molar-refractivity contribution < 1.29 is 18.3 Å². The van der Waals surface area contributed by atoms with E-state index in [1.165, 1.54) is 6.07 Å². The Morgan fingerprint density at radius 2 is 2.09 bits per heavy atom. The SMILES string of the molecule is Fc1c2[c]cc(c1F)OCO2. The van der Waals surface area contributed by atoms with Crippen LogP contribution in [-0.4, -0.2) is 6.79 Å². The van der Waals surface area contributed by atoms with Crippen LogP contribution in [0.25, 0.3) is 0 Å². The second-order valence-corrected chi connectivity index (χ2v) is 2.02. The van der Waals surface area contributed by atoms with E-state index >= 15 is 0 Å². The van der Waals surface area contributed by atoms with Gasteiger partial charge in [0.2, 0.25) is 18.4 Å². The predicted molar refractivity (Wildman–Crippen MR) is 31.3 cm³/mol. The average molecular weight is 157 g/mol. The summed E-state index contributed by atoms with van der Waals surface area (Å²) >= 11 is 0. The zero-order chi connectivity index (χ0) is 7.84. The van der Waals surface area contributed by atoms with Crippen molar-refractivity contribution in [2.75, 3.05) is 6.79 Å². The lowest BCUT2D eigenvalue weighted by Crippen LogP contribution is -2.01. The molecule has 0 aliphatic carbocycles. The molecule has 0 aromatic heterocycles. The number of halogens is 2. The molecule has 2 nitrogen and oxygen atoms in total. The van der Waals surface area contributed by atoms with E-state index in [9.17, 15) is 8.78 Å². The first kappa shape index (κ1) is 6.39. The first-order valence-corrected chi connectivity index (χ1v) is 2.94. The van der Waals surface area contributed by atoms with Crippen LogP contribution in [0.3, 0.4) is 0 Å². The van der Waals surface area contributed by atoms with Gasteiger partial charge in [-0.05, 0) is 6.07 Å². The second kappa shape index (κ2) is 2.08. The van der Waals surface area contributed by atoms with Crippen LogP contribution < -0.4 is 9.47 Å². The number of fused-ring (bicyclic) bond motifs is 4. The highest BCUT2D eigenvalue weighted by Crippen LogP contribution is 2.29. The molecule has 0 atom stereocenters. The highest BCUT2D eigenvalue weighted by Gasteiger charge is 2.19. The molecule has 2 heterocycles. The topological polar surface area (TPSA) is 18.5 Å². The number of ether oxygens (including phenoxy) is 2. The third-order valence-corrected chi connectivity index (χ3v) is 1.36. The highest BCUT2D eigenvalue weighted by molar-refractivity contribution is 5.34. The van der Waals surface area contributed by atoms with E-state index < -0.39 is 11.6 Å². The Morgan fingerprint density at radius 1 is 1.27 bits per heavy atom. The Hall–Kier alpha value is -1.32. The minimum absolute atomic E-state index is 0.163. The van der Waals surface area contributed by atoms with Crippen molar-refractivity contribution in [1.29, 1.82) is 0 Å². The van der Waals surface area contributed by atoms with Gasteiger partial charge in [0.05, 0.1) is 0 Å². The Kier molecular flexibility index (Phi) is 1.21. The monoisotopic (exact) mass is 157 g/mol. The second-order valence-electron chi connectivity index (χ2n) is 2.02. The van der Waals surface area contributed by atoms with Crippen LogP contribution in [-0.2, 0) is 0 Å². The molecule has 11 heavy (non-hydrogen) atoms. The molecule has 2 aliphatic rings. The van der Waals surface area contributed by atoms with Gasteiger partial charge in [-0.15, -0.1) is 0 Å². The largest absolute Gasteiger partial charge is 0.454 e. The van der Waals surface area contributed by atoms with Gasteiger partial charge >= 0.3 is 0 Å². The molecule has 1 aromatic carbocycles. The maximum Gasteiger partial charge on any atom is 0.231 e. The van der Waals surface area contributed by atoms with Crippen LogP contribution in [0.5, 0.6) is 11.5 Å². The molecule has 1 radical (unpaired) electrons. The molecule has 0 amide bonds. The fraction of sp³-hybridized carbons (Fsp3) is 0.143. The first-order chi connectivity index (χ1) is 5.29. The molecule has 2 aliphatic heterocycles. The summed E-state index contributed by atoms with van der Waals surface area (Å²) in [6, 6.07) is 3.60. The molecule has 0 fully saturated rings. The predicted octanol–water partition coefficient (Wildman–Crippen LogP) is 1.49. The highest BCUT2D eigenvalue weighted by atomic mass is 19.2. The summed E-state index contributed by atoms with van der Waals surface area (Å²) in [7, 11) is 0. The van der Waals surface area contributed by atoms with Gasteiger partial charge in [-0.1, -0.05) is 0 Å². The van der Waals surface area contributed by atoms with E-state index in [-0.39, 0.29) is 18.3 Å². The molecule has 0 saturated heterocycles. The molecule has 3 rings (SSSR count). The normalized spacial score (nSPS) is 13.6. The first-order valence-electron chi connectivity index (χ1n) is 2.94. The zero-order valence-corrected chi connectivity index (χ0v) is 5.36. The molecule has 4 heteroatoms. The molecular formula is C7H3F2O2. The van der Waals surface area contributed by atoms with Gasteiger partial charge in [-0.2, -0.15) is 8.78 Å². The van der Waals surface area contributed by atoms with Gasteiger partial charge in [0.25, 0.3) is 0 Å². The summed E-state index contributed by atoms with van der Waals surface area (Å²) in [6.45, 7) is -0.172. The molecule has 1 aromatic rings. The number of hydrogen-bond donors (Lipinski definition) is 0. The number of benzene rings is 1. The minimum atomic E-state index is -1.04. The quantitative estimate of drug-likeness (QED) is 0.568. The third-order valence-electron chi connectivity index (χ3n) is 1.36. The molecule has 57 valence electrons. The lowest BCUT2D eigenvalue weighted by atomic mass is 10.3. The summed E-state index contributed by atoms with van der Waals surface area (Å²) in [6.07, 6.45) is 0. The van der Waals surface area contributed by atoms with Gasteiger partial charge in [0, 0.05) is 6.07 Å². The van der Waals surface area contributed by atoms with Crippen molar-refractivity contribution in [3.05, 3.63) is 23.8 Å². The maximum absolute atomic E-state index is 12.7. The smallest absolute Gasteiger partial charge is 0.231 e. The fourth-order valence-electron chi connectivity index (χ4n) is 0.828. The van der Waals surface area contributed by atoms with Gasteiger partial charge in [0.1, 0.15) is 0 Å². The number of rotatable bonds is 0. The molecule has 0 saturated carbocycles. The van der Waals surface area contributed by atoms with Crippen LogP contribution in [0.1, 0.15) is 0 Å². The van der Waals surface area contributed by atoms with Gasteiger partial charge < -0.3 is 9.47 Å². The standard InChI is InChI=1S/C7H3F2O2/c8-6-4-1-2-5(7(6)9)11-3-10-4/h1H,3H2. The minimum Gasteiger partial charge on any atom is -0.454 e. The van der Waals surface area contributed by atoms with Crippen molar-refractivity contribution in [3.8, 4) is 11.5 Å². The Labute approximate surface area is 61.3 Å². The van der Waals surface area contributed by atoms with E-state index in [1.807, 2.05) is 0 Å². The Bertz CT molecular complexity index is 270. The van der Waals surface area contributed by atoms with Crippen molar-refractivity contribution in [1.82, 2.24) is 0 Å². The molecule has 2 bridgehead atoms. The van der Waals surface area contributed by atoms with Crippen molar-refractivity contribution in [3.63, 3.8) is 0 Å². The van der Waals surface area contributed by atoms with E-state index in [0.29, 0.717) is 0 Å². The van der Waals surface area contributed by atoms with Crippen LogP contribution in [0.2, 0.25) is 0 Å². The van der Waals surface area contributed by atoms with Crippen LogP contribution in [0.15, 0.2) is 6.07 Å². The summed E-state index contributed by atoms with van der Waals surface area (Å²) < 4.78 is 34.7. The Balaban J connectivity index is 2.67. The van der Waals surface area contributed by atoms with Crippen molar-refractivity contribution >= 4 is 0 Å². The van der Waals surface area contributed by atoms with E-state index in [1.54, 1.807) is 0 Å². The van der Waals surface area contributed by atoms with Crippen LogP contribution >= 0.6 is 0 Å². The van der Waals surface area contributed by atoms with E-state index in [2.05, 4.69) is 15.5 Å². The van der Waals surface area contributed by atoms with Gasteiger partial charge in [-0.3, -0.25) is 0 Å². The fourth-order valence-corrected chi connectivity index (χ4v) is 0.828. The zero-order valence-electron chi connectivity index (χ0n) is 5.36. The summed E-state index contributed by atoms with van der Waals surface area (Å²) in [4.78, 5) is 0. The van der Waals surface area contributed by atoms with Crippen molar-refractivity contribution in [2.45, 2.75) is 0 Å². The van der Waals surface area contributed by atoms with Crippen LogP contribution in [0, 0.1) is 17.7 Å². The molecular weight excluding hydrogens is 154 g/mol. The molecule has 0 unspecified atom stereocenters. The summed E-state index contributed by atoms with van der Waals surface area (Å²) in [5, 5.41) is 0. The number of hydrogen-bond acceptors (Lipinski definition) is 2. The lowest BCUT2D eigenvalue weighted by Gasteiger charge is -1.97. The Morgan fingerprint density at radius 3 is 2.91 bits per heavy atom. The lowest BCUT2D eigenvalue weighted by molar-refractivity contribution is 0.123. The molecule has 0 spiro atoms. The van der Waals surface area contributed by atoms with Gasteiger partial charge in [0.15, 0.2) is 11.5 Å². The average Bonchev–Trinajstić information content (AvgIpc) is 2.30. The third kappa shape index (κ3) is 0.824. The van der Waals surface area contributed by atoms with E-state index in [0.717, 1.165) is 0 Å². The summed E-state index contributed by atoms with van der Waals surface area (Å²) in [5.74, 6) is -2.45. The van der Waals surface area contributed by atoms with E-state index in [4.69, 9.17) is 0 Å².